The number of nitrogens with one attached hydrogen (secondary N) is 1. The van der Waals surface area contributed by atoms with Crippen LogP contribution in [0.5, 0.6) is 5.75 Å². The first-order chi connectivity index (χ1) is 10.9. The van der Waals surface area contributed by atoms with Crippen LogP contribution in [0.2, 0.25) is 0 Å². The van der Waals surface area contributed by atoms with Gasteiger partial charge in [0.05, 0.1) is 7.11 Å². The highest BCUT2D eigenvalue weighted by Crippen LogP contribution is 2.27. The highest BCUT2D eigenvalue weighted by Gasteiger charge is 2.23. The lowest BCUT2D eigenvalue weighted by atomic mass is 9.99. The zero-order valence-corrected chi connectivity index (χ0v) is 13.0. The molecule has 0 radical (unpaired) electrons. The van der Waals surface area contributed by atoms with Crippen molar-refractivity contribution in [2.75, 3.05) is 33.3 Å². The zero-order chi connectivity index (χ0) is 15.2. The molecule has 1 unspecified atom stereocenters. The minimum Gasteiger partial charge on any atom is -0.497 e. The lowest BCUT2D eigenvalue weighted by molar-refractivity contribution is 0.171. The van der Waals surface area contributed by atoms with E-state index in [9.17, 15) is 0 Å². The first kappa shape index (κ1) is 15.0. The number of benzene rings is 1. The summed E-state index contributed by atoms with van der Waals surface area (Å²) in [6.07, 6.45) is 2.80. The summed E-state index contributed by atoms with van der Waals surface area (Å²) in [5, 5.41) is 3.43. The van der Waals surface area contributed by atoms with Crippen LogP contribution in [-0.2, 0) is 6.42 Å². The van der Waals surface area contributed by atoms with Crippen LogP contribution in [0.25, 0.3) is 0 Å². The SMILES string of the molecule is COc1cccc(C(Cc2ccccn2)N2CCNCC2)c1. The summed E-state index contributed by atoms with van der Waals surface area (Å²) in [5.74, 6) is 0.915. The first-order valence-corrected chi connectivity index (χ1v) is 7.85. The summed E-state index contributed by atoms with van der Waals surface area (Å²) in [7, 11) is 1.72. The number of piperazine rings is 1. The van der Waals surface area contributed by atoms with Gasteiger partial charge in [-0.15, -0.1) is 0 Å². The summed E-state index contributed by atoms with van der Waals surface area (Å²) in [4.78, 5) is 7.05. The molecular formula is C18H23N3O. The third-order valence-corrected chi connectivity index (χ3v) is 4.20. The molecule has 1 N–H and O–H groups in total. The van der Waals surface area contributed by atoms with E-state index in [4.69, 9.17) is 4.74 Å². The van der Waals surface area contributed by atoms with Crippen molar-refractivity contribution in [2.45, 2.75) is 12.5 Å². The van der Waals surface area contributed by atoms with E-state index in [0.717, 1.165) is 44.0 Å². The van der Waals surface area contributed by atoms with Gasteiger partial charge in [-0.1, -0.05) is 18.2 Å². The maximum absolute atomic E-state index is 5.40. The molecule has 0 aliphatic carbocycles. The van der Waals surface area contributed by atoms with Crippen molar-refractivity contribution < 1.29 is 4.74 Å². The van der Waals surface area contributed by atoms with Crippen molar-refractivity contribution in [3.63, 3.8) is 0 Å². The average molecular weight is 297 g/mol. The lowest BCUT2D eigenvalue weighted by Crippen LogP contribution is -2.45. The minimum atomic E-state index is 0.340. The highest BCUT2D eigenvalue weighted by molar-refractivity contribution is 5.31. The molecule has 0 bridgehead atoms. The predicted molar refractivity (Wildman–Crippen MR) is 88.1 cm³/mol. The molecule has 4 nitrogen and oxygen atoms in total. The number of methoxy groups -OCH3 is 1. The molecule has 3 rings (SSSR count). The van der Waals surface area contributed by atoms with Crippen LogP contribution in [0, 0.1) is 0 Å². The Hall–Kier alpha value is -1.91. The van der Waals surface area contributed by atoms with Crippen LogP contribution in [0.4, 0.5) is 0 Å². The van der Waals surface area contributed by atoms with Gasteiger partial charge in [0.1, 0.15) is 5.75 Å². The number of pyridine rings is 1. The maximum Gasteiger partial charge on any atom is 0.119 e. The second kappa shape index (κ2) is 7.38. The molecule has 2 heterocycles. The van der Waals surface area contributed by atoms with Crippen molar-refractivity contribution in [1.82, 2.24) is 15.2 Å². The molecule has 4 heteroatoms. The number of hydrogen-bond acceptors (Lipinski definition) is 4. The summed E-state index contributed by atoms with van der Waals surface area (Å²) in [6, 6.07) is 14.9. The summed E-state index contributed by atoms with van der Waals surface area (Å²) >= 11 is 0. The number of ether oxygens (including phenoxy) is 1. The number of hydrogen-bond donors (Lipinski definition) is 1. The van der Waals surface area contributed by atoms with Gasteiger partial charge in [0, 0.05) is 50.5 Å². The first-order valence-electron chi connectivity index (χ1n) is 7.85. The second-order valence-corrected chi connectivity index (χ2v) is 5.60. The van der Waals surface area contributed by atoms with Gasteiger partial charge in [0.25, 0.3) is 0 Å². The van der Waals surface area contributed by atoms with Crippen molar-refractivity contribution in [1.29, 1.82) is 0 Å². The van der Waals surface area contributed by atoms with E-state index in [1.54, 1.807) is 7.11 Å². The molecule has 1 aliphatic heterocycles. The summed E-state index contributed by atoms with van der Waals surface area (Å²) in [5.41, 5.74) is 2.43. The lowest BCUT2D eigenvalue weighted by Gasteiger charge is -2.35. The van der Waals surface area contributed by atoms with Gasteiger partial charge in [0.2, 0.25) is 0 Å². The van der Waals surface area contributed by atoms with Crippen molar-refractivity contribution >= 4 is 0 Å². The van der Waals surface area contributed by atoms with Gasteiger partial charge < -0.3 is 10.1 Å². The molecule has 1 saturated heterocycles. The van der Waals surface area contributed by atoms with Crippen LogP contribution < -0.4 is 10.1 Å². The smallest absolute Gasteiger partial charge is 0.119 e. The van der Waals surface area contributed by atoms with Gasteiger partial charge >= 0.3 is 0 Å². The van der Waals surface area contributed by atoms with Crippen LogP contribution in [0.15, 0.2) is 48.7 Å². The van der Waals surface area contributed by atoms with E-state index < -0.39 is 0 Å². The van der Waals surface area contributed by atoms with E-state index in [2.05, 4.69) is 45.5 Å². The van der Waals surface area contributed by atoms with Crippen molar-refractivity contribution in [2.24, 2.45) is 0 Å². The third-order valence-electron chi connectivity index (χ3n) is 4.20. The topological polar surface area (TPSA) is 37.4 Å². The van der Waals surface area contributed by atoms with E-state index in [-0.39, 0.29) is 0 Å². The van der Waals surface area contributed by atoms with Crippen LogP contribution >= 0.6 is 0 Å². The average Bonchev–Trinajstić information content (AvgIpc) is 2.61. The quantitative estimate of drug-likeness (QED) is 0.919. The molecule has 0 amide bonds. The molecular weight excluding hydrogens is 274 g/mol. The Bertz CT molecular complexity index is 582. The van der Waals surface area contributed by atoms with Crippen molar-refractivity contribution in [3.05, 3.63) is 59.9 Å². The van der Waals surface area contributed by atoms with Gasteiger partial charge in [-0.3, -0.25) is 9.88 Å². The van der Waals surface area contributed by atoms with Gasteiger partial charge in [-0.05, 0) is 29.8 Å². The fourth-order valence-corrected chi connectivity index (χ4v) is 3.02. The molecule has 116 valence electrons. The molecule has 2 aromatic rings. The van der Waals surface area contributed by atoms with Crippen LogP contribution in [-0.4, -0.2) is 43.2 Å². The Kier molecular flexibility index (Phi) is 5.03. The molecule has 1 aromatic heterocycles. The molecule has 22 heavy (non-hydrogen) atoms. The Labute approximate surface area is 132 Å². The number of aromatic nitrogens is 1. The molecule has 1 aromatic carbocycles. The van der Waals surface area contributed by atoms with Crippen molar-refractivity contribution in [3.8, 4) is 5.75 Å². The minimum absolute atomic E-state index is 0.340. The van der Waals surface area contributed by atoms with Gasteiger partial charge in [-0.25, -0.2) is 0 Å². The maximum atomic E-state index is 5.40. The van der Waals surface area contributed by atoms with Crippen LogP contribution in [0.3, 0.4) is 0 Å². The fraction of sp³-hybridized carbons (Fsp3) is 0.389. The normalized spacial score (nSPS) is 17.1. The third kappa shape index (κ3) is 3.64. The largest absolute Gasteiger partial charge is 0.497 e. The van der Waals surface area contributed by atoms with E-state index in [1.807, 2.05) is 18.3 Å². The zero-order valence-electron chi connectivity index (χ0n) is 13.0. The number of nitrogens with zero attached hydrogens (tertiary/aromatic N) is 2. The van der Waals surface area contributed by atoms with Gasteiger partial charge in [0.15, 0.2) is 0 Å². The van der Waals surface area contributed by atoms with E-state index in [1.165, 1.54) is 5.56 Å². The Morgan fingerprint density at radius 1 is 1.18 bits per heavy atom. The molecule has 1 aliphatic rings. The molecule has 1 atom stereocenters. The Morgan fingerprint density at radius 2 is 2.05 bits per heavy atom. The highest BCUT2D eigenvalue weighted by atomic mass is 16.5. The predicted octanol–water partition coefficient (Wildman–Crippen LogP) is 2.28. The molecule has 0 saturated carbocycles. The Balaban J connectivity index is 1.87. The van der Waals surface area contributed by atoms with E-state index >= 15 is 0 Å². The standard InChI is InChI=1S/C18H23N3O/c1-22-17-7-4-5-15(13-17)18(21-11-9-19-10-12-21)14-16-6-2-3-8-20-16/h2-8,13,18-19H,9-12,14H2,1H3. The Morgan fingerprint density at radius 3 is 2.77 bits per heavy atom. The second-order valence-electron chi connectivity index (χ2n) is 5.60. The number of rotatable bonds is 5. The fourth-order valence-electron chi connectivity index (χ4n) is 3.02. The molecule has 1 fully saturated rings. The molecule has 0 spiro atoms. The summed E-state index contributed by atoms with van der Waals surface area (Å²) in [6.45, 7) is 4.22. The van der Waals surface area contributed by atoms with Crippen LogP contribution in [0.1, 0.15) is 17.3 Å². The van der Waals surface area contributed by atoms with Gasteiger partial charge in [-0.2, -0.15) is 0 Å². The summed E-state index contributed by atoms with van der Waals surface area (Å²) < 4.78 is 5.40. The van der Waals surface area contributed by atoms with E-state index in [0.29, 0.717) is 6.04 Å². The monoisotopic (exact) mass is 297 g/mol.